The summed E-state index contributed by atoms with van der Waals surface area (Å²) in [6.07, 6.45) is 7.83. The number of rotatable bonds is 9. The summed E-state index contributed by atoms with van der Waals surface area (Å²) in [4.78, 5) is 0. The van der Waals surface area contributed by atoms with Gasteiger partial charge in [-0.2, -0.15) is 0 Å². The topological polar surface area (TPSA) is 12.0 Å². The Morgan fingerprint density at radius 2 is 2.06 bits per heavy atom. The lowest BCUT2D eigenvalue weighted by Crippen LogP contribution is -2.23. The Morgan fingerprint density at radius 1 is 1.28 bits per heavy atom. The second-order valence-electron chi connectivity index (χ2n) is 4.78. The predicted octanol–water partition coefficient (Wildman–Crippen LogP) is 4.65. The predicted molar refractivity (Wildman–Crippen MR) is 80.9 cm³/mol. The summed E-state index contributed by atoms with van der Waals surface area (Å²) in [5.74, 6) is 0. The third kappa shape index (κ3) is 4.66. The zero-order valence-electron chi connectivity index (χ0n) is 11.9. The Labute approximate surface area is 112 Å². The van der Waals surface area contributed by atoms with Gasteiger partial charge in [0.25, 0.3) is 0 Å². The van der Waals surface area contributed by atoms with Crippen LogP contribution in [0.25, 0.3) is 0 Å². The molecule has 1 aromatic rings. The minimum atomic E-state index is 0.501. The molecule has 0 heterocycles. The Kier molecular flexibility index (Phi) is 7.43. The third-order valence-electron chi connectivity index (χ3n) is 3.35. The van der Waals surface area contributed by atoms with Crippen LogP contribution >= 0.6 is 0 Å². The summed E-state index contributed by atoms with van der Waals surface area (Å²) in [6.45, 7) is 9.36. The van der Waals surface area contributed by atoms with Crippen LogP contribution in [0.2, 0.25) is 0 Å². The first-order valence-corrected chi connectivity index (χ1v) is 7.25. The number of allylic oxidation sites excluding steroid dienone is 1. The Hall–Kier alpha value is -1.08. The maximum absolute atomic E-state index is 3.81. The summed E-state index contributed by atoms with van der Waals surface area (Å²) in [6, 6.07) is 9.33. The van der Waals surface area contributed by atoms with Crippen molar-refractivity contribution in [1.82, 2.24) is 5.32 Å². The summed E-state index contributed by atoms with van der Waals surface area (Å²) >= 11 is 0. The summed E-state index contributed by atoms with van der Waals surface area (Å²) in [7, 11) is 0. The molecule has 0 bridgehead atoms. The maximum Gasteiger partial charge on any atom is 0.0323 e. The van der Waals surface area contributed by atoms with Crippen molar-refractivity contribution < 1.29 is 0 Å². The SMILES string of the molecule is C=CCCCC(NCCC)c1ccccc1CC. The van der Waals surface area contributed by atoms with E-state index in [1.165, 1.54) is 30.4 Å². The van der Waals surface area contributed by atoms with Gasteiger partial charge in [-0.3, -0.25) is 0 Å². The Morgan fingerprint density at radius 3 is 2.72 bits per heavy atom. The molecule has 1 N–H and O–H groups in total. The van der Waals surface area contributed by atoms with Crippen LogP contribution in [0, 0.1) is 0 Å². The number of nitrogens with one attached hydrogen (secondary N) is 1. The highest BCUT2D eigenvalue weighted by molar-refractivity contribution is 5.30. The van der Waals surface area contributed by atoms with Gasteiger partial charge in [0, 0.05) is 6.04 Å². The van der Waals surface area contributed by atoms with Crippen LogP contribution in [-0.4, -0.2) is 6.54 Å². The third-order valence-corrected chi connectivity index (χ3v) is 3.35. The lowest BCUT2D eigenvalue weighted by molar-refractivity contribution is 0.483. The van der Waals surface area contributed by atoms with Crippen molar-refractivity contribution in [2.75, 3.05) is 6.54 Å². The van der Waals surface area contributed by atoms with Gasteiger partial charge in [-0.1, -0.05) is 44.2 Å². The van der Waals surface area contributed by atoms with E-state index < -0.39 is 0 Å². The summed E-state index contributed by atoms with van der Waals surface area (Å²) in [5.41, 5.74) is 2.96. The van der Waals surface area contributed by atoms with Crippen LogP contribution in [0.3, 0.4) is 0 Å². The standard InChI is InChI=1S/C17H27N/c1-4-7-8-13-17(18-14-5-2)16-12-10-9-11-15(16)6-3/h4,9-12,17-18H,1,5-8,13-14H2,2-3H3. The van der Waals surface area contributed by atoms with Crippen LogP contribution in [0.4, 0.5) is 0 Å². The number of aryl methyl sites for hydroxylation is 1. The summed E-state index contributed by atoms with van der Waals surface area (Å²) < 4.78 is 0. The molecule has 0 aliphatic carbocycles. The number of benzene rings is 1. The van der Waals surface area contributed by atoms with E-state index in [2.05, 4.69) is 50.0 Å². The van der Waals surface area contributed by atoms with E-state index in [-0.39, 0.29) is 0 Å². The smallest absolute Gasteiger partial charge is 0.0323 e. The molecule has 1 heteroatoms. The number of hydrogen-bond donors (Lipinski definition) is 1. The molecule has 0 aromatic heterocycles. The van der Waals surface area contributed by atoms with Crippen molar-refractivity contribution in [3.63, 3.8) is 0 Å². The van der Waals surface area contributed by atoms with E-state index in [4.69, 9.17) is 0 Å². The number of hydrogen-bond acceptors (Lipinski definition) is 1. The molecule has 1 unspecified atom stereocenters. The number of unbranched alkanes of at least 4 members (excludes halogenated alkanes) is 1. The minimum absolute atomic E-state index is 0.501. The molecule has 1 nitrogen and oxygen atoms in total. The van der Waals surface area contributed by atoms with Crippen LogP contribution < -0.4 is 5.32 Å². The van der Waals surface area contributed by atoms with Gasteiger partial charge in [0.2, 0.25) is 0 Å². The minimum Gasteiger partial charge on any atom is -0.310 e. The van der Waals surface area contributed by atoms with E-state index >= 15 is 0 Å². The van der Waals surface area contributed by atoms with Crippen molar-refractivity contribution >= 4 is 0 Å². The van der Waals surface area contributed by atoms with Crippen molar-refractivity contribution in [2.45, 2.75) is 52.0 Å². The molecule has 0 radical (unpaired) electrons. The molecule has 1 atom stereocenters. The van der Waals surface area contributed by atoms with Crippen LogP contribution in [0.1, 0.15) is 56.7 Å². The van der Waals surface area contributed by atoms with Crippen molar-refractivity contribution in [3.05, 3.63) is 48.0 Å². The largest absolute Gasteiger partial charge is 0.310 e. The van der Waals surface area contributed by atoms with E-state index in [0.717, 1.165) is 19.4 Å². The van der Waals surface area contributed by atoms with Gasteiger partial charge in [0.1, 0.15) is 0 Å². The molecular weight excluding hydrogens is 218 g/mol. The molecule has 0 saturated heterocycles. The first-order chi connectivity index (χ1) is 8.83. The van der Waals surface area contributed by atoms with Crippen molar-refractivity contribution in [1.29, 1.82) is 0 Å². The molecule has 0 aliphatic heterocycles. The Balaban J connectivity index is 2.75. The maximum atomic E-state index is 3.81. The first-order valence-electron chi connectivity index (χ1n) is 7.25. The second-order valence-corrected chi connectivity index (χ2v) is 4.78. The molecule has 1 rings (SSSR count). The fourth-order valence-corrected chi connectivity index (χ4v) is 2.35. The van der Waals surface area contributed by atoms with Gasteiger partial charge in [-0.15, -0.1) is 6.58 Å². The zero-order valence-corrected chi connectivity index (χ0v) is 11.9. The van der Waals surface area contributed by atoms with Gasteiger partial charge < -0.3 is 5.32 Å². The molecule has 0 saturated carbocycles. The average molecular weight is 245 g/mol. The van der Waals surface area contributed by atoms with Crippen LogP contribution in [0.5, 0.6) is 0 Å². The van der Waals surface area contributed by atoms with E-state index in [1.54, 1.807) is 0 Å². The molecule has 0 fully saturated rings. The second kappa shape index (κ2) is 8.93. The highest BCUT2D eigenvalue weighted by atomic mass is 14.9. The van der Waals surface area contributed by atoms with Gasteiger partial charge in [-0.25, -0.2) is 0 Å². The lowest BCUT2D eigenvalue weighted by atomic mass is 9.95. The van der Waals surface area contributed by atoms with Gasteiger partial charge in [0.15, 0.2) is 0 Å². The van der Waals surface area contributed by atoms with Crippen LogP contribution in [0.15, 0.2) is 36.9 Å². The normalized spacial score (nSPS) is 12.3. The van der Waals surface area contributed by atoms with Gasteiger partial charge in [-0.05, 0) is 49.8 Å². The highest BCUT2D eigenvalue weighted by Gasteiger charge is 2.12. The molecule has 0 aliphatic rings. The molecule has 0 spiro atoms. The average Bonchev–Trinajstić information content (AvgIpc) is 2.42. The van der Waals surface area contributed by atoms with Crippen molar-refractivity contribution in [3.8, 4) is 0 Å². The van der Waals surface area contributed by atoms with Gasteiger partial charge >= 0.3 is 0 Å². The Bertz CT molecular complexity index is 343. The summed E-state index contributed by atoms with van der Waals surface area (Å²) in [5, 5.41) is 3.69. The fourth-order valence-electron chi connectivity index (χ4n) is 2.35. The molecule has 100 valence electrons. The van der Waals surface area contributed by atoms with E-state index in [0.29, 0.717) is 6.04 Å². The molecule has 1 aromatic carbocycles. The van der Waals surface area contributed by atoms with Gasteiger partial charge in [0.05, 0.1) is 0 Å². The quantitative estimate of drug-likeness (QED) is 0.493. The fraction of sp³-hybridized carbons (Fsp3) is 0.529. The molecular formula is C17H27N. The lowest BCUT2D eigenvalue weighted by Gasteiger charge is -2.21. The first kappa shape index (κ1) is 15.0. The van der Waals surface area contributed by atoms with Crippen LogP contribution in [-0.2, 0) is 6.42 Å². The highest BCUT2D eigenvalue weighted by Crippen LogP contribution is 2.23. The van der Waals surface area contributed by atoms with E-state index in [1.807, 2.05) is 6.08 Å². The molecule has 0 amide bonds. The van der Waals surface area contributed by atoms with Crippen molar-refractivity contribution in [2.24, 2.45) is 0 Å². The molecule has 18 heavy (non-hydrogen) atoms. The monoisotopic (exact) mass is 245 g/mol. The zero-order chi connectivity index (χ0) is 13.2. The van der Waals surface area contributed by atoms with E-state index in [9.17, 15) is 0 Å².